The summed E-state index contributed by atoms with van der Waals surface area (Å²) in [6.07, 6.45) is 3.46. The van der Waals surface area contributed by atoms with E-state index in [2.05, 4.69) is 15.5 Å². The average Bonchev–Trinajstić information content (AvgIpc) is 3.17. The summed E-state index contributed by atoms with van der Waals surface area (Å²) in [5.74, 6) is 1.10. The normalized spacial score (nSPS) is 26.1. The van der Waals surface area contributed by atoms with Gasteiger partial charge in [-0.25, -0.2) is 0 Å². The molecule has 0 unspecified atom stereocenters. The van der Waals surface area contributed by atoms with Gasteiger partial charge in [0.05, 0.1) is 6.04 Å². The predicted molar refractivity (Wildman–Crippen MR) is 68.5 cm³/mol. The molecular weight excluding hydrogens is 260 g/mol. The van der Waals surface area contributed by atoms with E-state index in [-0.39, 0.29) is 23.9 Å². The Balaban J connectivity index is 1.75. The Labute approximate surface area is 116 Å². The highest BCUT2D eigenvalue weighted by molar-refractivity contribution is 5.91. The van der Waals surface area contributed by atoms with Gasteiger partial charge in [0.25, 0.3) is 0 Å². The largest absolute Gasteiger partial charge is 0.344 e. The lowest BCUT2D eigenvalue weighted by Gasteiger charge is -2.25. The van der Waals surface area contributed by atoms with Gasteiger partial charge in [-0.05, 0) is 19.3 Å². The van der Waals surface area contributed by atoms with E-state index in [0.29, 0.717) is 37.5 Å². The fourth-order valence-electron chi connectivity index (χ4n) is 2.85. The number of hydrogen-bond acceptors (Lipinski definition) is 5. The number of carbonyl (C=O) groups excluding carboxylic acids is 2. The van der Waals surface area contributed by atoms with Gasteiger partial charge >= 0.3 is 0 Å². The first kappa shape index (κ1) is 13.1. The summed E-state index contributed by atoms with van der Waals surface area (Å²) in [4.78, 5) is 29.8. The van der Waals surface area contributed by atoms with Crippen LogP contribution < -0.4 is 5.32 Å². The van der Waals surface area contributed by atoms with Crippen molar-refractivity contribution in [2.75, 3.05) is 6.54 Å². The molecule has 0 aliphatic carbocycles. The minimum absolute atomic E-state index is 0.0267. The Morgan fingerprint density at radius 3 is 3.00 bits per heavy atom. The standard InChI is InChI=1S/C13H18N4O3/c1-2-11-15-12(16-20-11)9-4-3-7-17(9)13(19)8-5-6-10(18)14-8/h8-9H,2-7H2,1H3,(H,14,18)/t8-,9+/m1/s1. The van der Waals surface area contributed by atoms with Crippen molar-refractivity contribution in [2.24, 2.45) is 0 Å². The van der Waals surface area contributed by atoms with Gasteiger partial charge in [-0.1, -0.05) is 12.1 Å². The van der Waals surface area contributed by atoms with E-state index >= 15 is 0 Å². The molecule has 2 fully saturated rings. The molecule has 0 spiro atoms. The number of hydrogen-bond donors (Lipinski definition) is 1. The van der Waals surface area contributed by atoms with E-state index in [1.54, 1.807) is 4.90 Å². The van der Waals surface area contributed by atoms with Gasteiger partial charge < -0.3 is 14.7 Å². The number of nitrogens with one attached hydrogen (secondary N) is 1. The molecule has 2 aliphatic heterocycles. The van der Waals surface area contributed by atoms with E-state index < -0.39 is 0 Å². The van der Waals surface area contributed by atoms with E-state index in [4.69, 9.17) is 4.52 Å². The van der Waals surface area contributed by atoms with Crippen molar-refractivity contribution in [2.45, 2.75) is 51.1 Å². The Morgan fingerprint density at radius 1 is 1.50 bits per heavy atom. The van der Waals surface area contributed by atoms with Crippen molar-refractivity contribution in [3.8, 4) is 0 Å². The van der Waals surface area contributed by atoms with Gasteiger partial charge in [0.2, 0.25) is 17.7 Å². The van der Waals surface area contributed by atoms with Crippen molar-refractivity contribution in [1.29, 1.82) is 0 Å². The molecule has 0 aromatic carbocycles. The maximum Gasteiger partial charge on any atom is 0.245 e. The highest BCUT2D eigenvalue weighted by atomic mass is 16.5. The molecule has 1 N–H and O–H groups in total. The van der Waals surface area contributed by atoms with Gasteiger partial charge in [0, 0.05) is 19.4 Å². The highest BCUT2D eigenvalue weighted by Gasteiger charge is 2.38. The van der Waals surface area contributed by atoms with Crippen molar-refractivity contribution in [3.63, 3.8) is 0 Å². The zero-order valence-electron chi connectivity index (χ0n) is 11.5. The average molecular weight is 278 g/mol. The Kier molecular flexibility index (Phi) is 3.42. The zero-order chi connectivity index (χ0) is 14.1. The van der Waals surface area contributed by atoms with Crippen LogP contribution in [-0.4, -0.2) is 39.4 Å². The van der Waals surface area contributed by atoms with Crippen LogP contribution in [-0.2, 0) is 16.0 Å². The first-order valence-electron chi connectivity index (χ1n) is 7.11. The Hall–Kier alpha value is -1.92. The van der Waals surface area contributed by atoms with E-state index in [0.717, 1.165) is 12.8 Å². The van der Waals surface area contributed by atoms with Crippen LogP contribution in [0.4, 0.5) is 0 Å². The monoisotopic (exact) mass is 278 g/mol. The Bertz CT molecular complexity index is 527. The third-order valence-corrected chi connectivity index (χ3v) is 3.91. The van der Waals surface area contributed by atoms with Gasteiger partial charge in [0.15, 0.2) is 5.82 Å². The third kappa shape index (κ3) is 2.28. The fourth-order valence-corrected chi connectivity index (χ4v) is 2.85. The molecule has 3 rings (SSSR count). The second kappa shape index (κ2) is 5.22. The van der Waals surface area contributed by atoms with E-state index in [9.17, 15) is 9.59 Å². The van der Waals surface area contributed by atoms with E-state index in [1.165, 1.54) is 0 Å². The smallest absolute Gasteiger partial charge is 0.245 e. The molecule has 0 saturated carbocycles. The molecule has 1 aromatic rings. The quantitative estimate of drug-likeness (QED) is 0.873. The molecule has 3 heterocycles. The lowest BCUT2D eigenvalue weighted by atomic mass is 10.1. The molecule has 0 bridgehead atoms. The number of rotatable bonds is 3. The van der Waals surface area contributed by atoms with Gasteiger partial charge in [-0.3, -0.25) is 9.59 Å². The summed E-state index contributed by atoms with van der Waals surface area (Å²) in [7, 11) is 0. The van der Waals surface area contributed by atoms with Gasteiger partial charge in [-0.2, -0.15) is 4.98 Å². The summed E-state index contributed by atoms with van der Waals surface area (Å²) < 4.78 is 5.13. The molecule has 2 saturated heterocycles. The second-order valence-corrected chi connectivity index (χ2v) is 5.25. The number of carbonyl (C=O) groups is 2. The summed E-state index contributed by atoms with van der Waals surface area (Å²) in [5.41, 5.74) is 0. The molecular formula is C13H18N4O3. The molecule has 20 heavy (non-hydrogen) atoms. The summed E-state index contributed by atoms with van der Waals surface area (Å²) in [6.45, 7) is 2.63. The number of likely N-dealkylation sites (tertiary alicyclic amines) is 1. The van der Waals surface area contributed by atoms with Crippen LogP contribution in [0.2, 0.25) is 0 Å². The molecule has 2 aliphatic rings. The van der Waals surface area contributed by atoms with Crippen LogP contribution in [0.1, 0.15) is 50.4 Å². The fraction of sp³-hybridized carbons (Fsp3) is 0.692. The molecule has 7 nitrogen and oxygen atoms in total. The van der Waals surface area contributed by atoms with Crippen LogP contribution >= 0.6 is 0 Å². The van der Waals surface area contributed by atoms with Crippen LogP contribution in [0.15, 0.2) is 4.52 Å². The molecule has 2 atom stereocenters. The van der Waals surface area contributed by atoms with E-state index in [1.807, 2.05) is 6.92 Å². The van der Waals surface area contributed by atoms with Crippen molar-refractivity contribution in [3.05, 3.63) is 11.7 Å². The predicted octanol–water partition coefficient (Wildman–Crippen LogP) is 0.574. The van der Waals surface area contributed by atoms with Crippen molar-refractivity contribution < 1.29 is 14.1 Å². The lowest BCUT2D eigenvalue weighted by Crippen LogP contribution is -2.44. The summed E-state index contributed by atoms with van der Waals surface area (Å²) in [5, 5.41) is 6.70. The van der Waals surface area contributed by atoms with Gasteiger partial charge in [-0.15, -0.1) is 0 Å². The number of amides is 2. The lowest BCUT2D eigenvalue weighted by molar-refractivity contribution is -0.135. The third-order valence-electron chi connectivity index (χ3n) is 3.91. The van der Waals surface area contributed by atoms with Crippen molar-refractivity contribution >= 4 is 11.8 Å². The zero-order valence-corrected chi connectivity index (χ0v) is 11.5. The van der Waals surface area contributed by atoms with Crippen molar-refractivity contribution in [1.82, 2.24) is 20.4 Å². The minimum atomic E-state index is -0.388. The molecule has 1 aromatic heterocycles. The number of nitrogens with zero attached hydrogens (tertiary/aromatic N) is 3. The Morgan fingerprint density at radius 2 is 2.35 bits per heavy atom. The number of aryl methyl sites for hydroxylation is 1. The van der Waals surface area contributed by atoms with Crippen LogP contribution in [0.3, 0.4) is 0 Å². The molecule has 7 heteroatoms. The number of aromatic nitrogens is 2. The molecule has 108 valence electrons. The van der Waals surface area contributed by atoms with Gasteiger partial charge in [0.1, 0.15) is 6.04 Å². The SMILES string of the molecule is CCc1nc([C@@H]2CCCN2C(=O)[C@H]2CCC(=O)N2)no1. The molecule has 0 radical (unpaired) electrons. The first-order chi connectivity index (χ1) is 9.69. The van der Waals surface area contributed by atoms with Crippen LogP contribution in [0, 0.1) is 0 Å². The minimum Gasteiger partial charge on any atom is -0.344 e. The molecule has 2 amide bonds. The summed E-state index contributed by atoms with van der Waals surface area (Å²) >= 11 is 0. The highest BCUT2D eigenvalue weighted by Crippen LogP contribution is 2.31. The summed E-state index contributed by atoms with van der Waals surface area (Å²) in [6, 6.07) is -0.510. The van der Waals surface area contributed by atoms with Crippen LogP contribution in [0.5, 0.6) is 0 Å². The maximum absolute atomic E-state index is 12.5. The van der Waals surface area contributed by atoms with Crippen LogP contribution in [0.25, 0.3) is 0 Å². The first-order valence-corrected chi connectivity index (χ1v) is 7.11. The topological polar surface area (TPSA) is 88.3 Å². The maximum atomic E-state index is 12.5. The second-order valence-electron chi connectivity index (χ2n) is 5.25.